The minimum Gasteiger partial charge on any atom is -0.206 e. The number of unbranched alkanes of at least 4 members (excludes halogenated alkanes) is 1. The van der Waals surface area contributed by atoms with E-state index in [1.807, 2.05) is 6.92 Å². The van der Waals surface area contributed by atoms with Crippen LogP contribution in [0.3, 0.4) is 0 Å². The van der Waals surface area contributed by atoms with E-state index >= 15 is 4.39 Å². The number of pyridine rings is 1. The number of nitrogens with zero attached hydrogens (tertiary/aromatic N) is 1. The van der Waals surface area contributed by atoms with Crippen molar-refractivity contribution in [3.8, 4) is 11.3 Å². The van der Waals surface area contributed by atoms with Crippen molar-refractivity contribution in [2.75, 3.05) is 0 Å². The summed E-state index contributed by atoms with van der Waals surface area (Å²) in [5.74, 6) is 0.00138. The highest BCUT2D eigenvalue weighted by atomic mass is 19.1. The topological polar surface area (TPSA) is 3.88 Å². The molecule has 172 valence electrons. The Morgan fingerprint density at radius 1 is 1.00 bits per heavy atom. The molecular formula is C31H37FN+. The fraction of sp³-hybridized carbons (Fsp3) is 0.516. The Morgan fingerprint density at radius 3 is 2.42 bits per heavy atom. The summed E-state index contributed by atoms with van der Waals surface area (Å²) < 4.78 is 18.7. The van der Waals surface area contributed by atoms with Gasteiger partial charge in [-0.3, -0.25) is 0 Å². The summed E-state index contributed by atoms with van der Waals surface area (Å²) in [6.45, 7) is 13.4. The Kier molecular flexibility index (Phi) is 4.31. The van der Waals surface area contributed by atoms with E-state index in [1.165, 1.54) is 64.4 Å². The van der Waals surface area contributed by atoms with Gasteiger partial charge >= 0.3 is 0 Å². The minimum atomic E-state index is -0.363. The normalized spacial score (nSPS) is 25.7. The van der Waals surface area contributed by atoms with Crippen molar-refractivity contribution < 1.29 is 8.96 Å². The summed E-state index contributed by atoms with van der Waals surface area (Å²) in [6.07, 6.45) is 10.4. The van der Waals surface area contributed by atoms with Gasteiger partial charge in [-0.15, -0.1) is 0 Å². The zero-order chi connectivity index (χ0) is 23.3. The lowest BCUT2D eigenvalue weighted by Gasteiger charge is -2.59. The summed E-state index contributed by atoms with van der Waals surface area (Å²) in [6, 6.07) is 9.39. The van der Waals surface area contributed by atoms with Crippen LogP contribution in [0, 0.1) is 12.7 Å². The van der Waals surface area contributed by atoms with Gasteiger partial charge < -0.3 is 0 Å². The molecule has 6 rings (SSSR count). The van der Waals surface area contributed by atoms with Gasteiger partial charge in [-0.05, 0) is 60.2 Å². The number of hydrogen-bond acceptors (Lipinski definition) is 0. The number of fused-ring (bicyclic) bond motifs is 3. The number of aryl methyl sites for hydroxylation is 2. The molecule has 3 aliphatic rings. The summed E-state index contributed by atoms with van der Waals surface area (Å²) in [5.41, 5.74) is 8.21. The molecule has 2 aromatic carbocycles. The van der Waals surface area contributed by atoms with Crippen molar-refractivity contribution in [3.63, 3.8) is 0 Å². The highest BCUT2D eigenvalue weighted by Gasteiger charge is 2.69. The van der Waals surface area contributed by atoms with Crippen molar-refractivity contribution in [1.29, 1.82) is 0 Å². The van der Waals surface area contributed by atoms with Gasteiger partial charge in [-0.2, -0.15) is 4.57 Å². The van der Waals surface area contributed by atoms with Gasteiger partial charge in [0.1, 0.15) is 5.82 Å². The first kappa shape index (κ1) is 21.3. The second-order valence-electron chi connectivity index (χ2n) is 11.5. The monoisotopic (exact) mass is 442 g/mol. The molecule has 1 saturated carbocycles. The number of rotatable bonds is 5. The van der Waals surface area contributed by atoms with Gasteiger partial charge in [0.15, 0.2) is 11.7 Å². The van der Waals surface area contributed by atoms with E-state index in [0.29, 0.717) is 0 Å². The van der Waals surface area contributed by atoms with E-state index in [0.717, 1.165) is 30.4 Å². The van der Waals surface area contributed by atoms with E-state index in [1.54, 1.807) is 0 Å². The van der Waals surface area contributed by atoms with Crippen LogP contribution in [-0.4, -0.2) is 0 Å². The highest BCUT2D eigenvalue weighted by molar-refractivity contribution is 6.02. The lowest BCUT2D eigenvalue weighted by molar-refractivity contribution is -0.782. The molecule has 0 spiro atoms. The van der Waals surface area contributed by atoms with Gasteiger partial charge in [0.2, 0.25) is 5.69 Å². The largest absolute Gasteiger partial charge is 0.221 e. The first-order valence-electron chi connectivity index (χ1n) is 13.1. The Labute approximate surface area is 198 Å². The predicted octanol–water partition coefficient (Wildman–Crippen LogP) is 7.78. The summed E-state index contributed by atoms with van der Waals surface area (Å²) in [4.78, 5) is 0. The third-order valence-electron chi connectivity index (χ3n) is 9.93. The van der Waals surface area contributed by atoms with Crippen molar-refractivity contribution in [3.05, 3.63) is 64.1 Å². The van der Waals surface area contributed by atoms with Crippen LogP contribution in [0.5, 0.6) is 0 Å². The Morgan fingerprint density at radius 2 is 1.79 bits per heavy atom. The van der Waals surface area contributed by atoms with E-state index in [4.69, 9.17) is 0 Å². The number of hydrogen-bond donors (Lipinski definition) is 0. The van der Waals surface area contributed by atoms with E-state index < -0.39 is 0 Å². The van der Waals surface area contributed by atoms with Gasteiger partial charge in [0.05, 0.1) is 16.4 Å². The molecule has 2 aliphatic carbocycles. The zero-order valence-corrected chi connectivity index (χ0v) is 21.2. The van der Waals surface area contributed by atoms with Gasteiger partial charge in [-0.1, -0.05) is 59.2 Å². The molecule has 2 atom stereocenters. The van der Waals surface area contributed by atoms with Crippen molar-refractivity contribution >= 4 is 10.8 Å². The molecule has 2 heteroatoms. The second kappa shape index (κ2) is 6.68. The van der Waals surface area contributed by atoms with Gasteiger partial charge in [0, 0.05) is 29.9 Å². The summed E-state index contributed by atoms with van der Waals surface area (Å²) in [7, 11) is 0. The number of aromatic nitrogens is 1. The third kappa shape index (κ3) is 2.26. The molecule has 0 saturated heterocycles. The average molecular weight is 443 g/mol. The quantitative estimate of drug-likeness (QED) is 0.355. The summed E-state index contributed by atoms with van der Waals surface area (Å²) >= 11 is 0. The maximum atomic E-state index is 16.1. The molecule has 1 aliphatic heterocycles. The van der Waals surface area contributed by atoms with Crippen molar-refractivity contribution in [2.24, 2.45) is 0 Å². The average Bonchev–Trinajstić information content (AvgIpc) is 2.78. The number of benzene rings is 2. The van der Waals surface area contributed by atoms with Crippen LogP contribution in [0.15, 0.2) is 30.5 Å². The molecule has 1 aromatic heterocycles. The van der Waals surface area contributed by atoms with Crippen LogP contribution in [0.1, 0.15) is 101 Å². The molecule has 2 heterocycles. The molecule has 0 amide bonds. The maximum Gasteiger partial charge on any atom is 0.221 e. The maximum absolute atomic E-state index is 16.1. The van der Waals surface area contributed by atoms with Crippen LogP contribution < -0.4 is 4.57 Å². The zero-order valence-electron chi connectivity index (χ0n) is 21.2. The van der Waals surface area contributed by atoms with Crippen molar-refractivity contribution in [2.45, 2.75) is 103 Å². The molecule has 33 heavy (non-hydrogen) atoms. The Bertz CT molecular complexity index is 1320. The first-order valence-corrected chi connectivity index (χ1v) is 13.1. The highest BCUT2D eigenvalue weighted by Crippen LogP contribution is 2.65. The second-order valence-corrected chi connectivity index (χ2v) is 11.5. The fourth-order valence-corrected chi connectivity index (χ4v) is 8.06. The van der Waals surface area contributed by atoms with Crippen LogP contribution in [0.4, 0.5) is 4.39 Å². The molecule has 0 N–H and O–H groups in total. The van der Waals surface area contributed by atoms with E-state index in [9.17, 15) is 0 Å². The molecule has 1 fully saturated rings. The molecule has 2 unspecified atom stereocenters. The lowest BCUT2D eigenvalue weighted by atomic mass is 9.46. The van der Waals surface area contributed by atoms with Gasteiger partial charge in [0.25, 0.3) is 0 Å². The summed E-state index contributed by atoms with van der Waals surface area (Å²) in [5, 5.41) is 2.69. The van der Waals surface area contributed by atoms with Crippen molar-refractivity contribution in [1.82, 2.24) is 0 Å². The Hall–Kier alpha value is -2.22. The molecule has 1 nitrogen and oxygen atoms in total. The van der Waals surface area contributed by atoms with Crippen LogP contribution >= 0.6 is 0 Å². The van der Waals surface area contributed by atoms with E-state index in [-0.39, 0.29) is 22.2 Å². The molecule has 0 bridgehead atoms. The third-order valence-corrected chi connectivity index (χ3v) is 9.93. The van der Waals surface area contributed by atoms with Gasteiger partial charge in [-0.25, -0.2) is 4.39 Å². The molecule has 0 radical (unpaired) electrons. The Balaban J connectivity index is 1.82. The van der Waals surface area contributed by atoms with E-state index in [2.05, 4.69) is 69.6 Å². The molecular weight excluding hydrogens is 405 g/mol. The fourth-order valence-electron chi connectivity index (χ4n) is 8.06. The molecule has 3 aromatic rings. The smallest absolute Gasteiger partial charge is 0.206 e. The standard InChI is InChI=1S/C31H37FN/c1-7-10-11-20-17-21-12-15-33-28-24(21)22(18-20)29(5,6)26-25(28)23(16-19(4)27(26)32)30(8-2)13-14-31(30,33)9-3/h12,15-18H,7-11,13-14H2,1-6H3/q+1. The lowest BCUT2D eigenvalue weighted by Crippen LogP contribution is -2.75. The minimum absolute atomic E-state index is 0.00138. The van der Waals surface area contributed by atoms with Crippen LogP contribution in [0.2, 0.25) is 0 Å². The van der Waals surface area contributed by atoms with Crippen LogP contribution in [0.25, 0.3) is 22.0 Å². The predicted molar refractivity (Wildman–Crippen MR) is 134 cm³/mol. The SMILES string of the molecule is CCCCc1cc2c3c4[n+](ccc3c1)C1(CC)CCC1(CC)c1cc(C)c(F)c(c1-4)C2(C)C. The number of halogens is 1. The van der Waals surface area contributed by atoms with Crippen LogP contribution in [-0.2, 0) is 22.8 Å². The first-order chi connectivity index (χ1) is 15.8.